The standard InChI is InChI=1S/C7H16N2O4S/c1-7(2,3)14(12,13)9-4-5(8)6(10)11/h5,9H,4,8H2,1-3H3,(H,10,11). The minimum atomic E-state index is -3.52. The zero-order chi connectivity index (χ0) is 11.6. The lowest BCUT2D eigenvalue weighted by molar-refractivity contribution is -0.138. The second kappa shape index (κ2) is 4.24. The van der Waals surface area contributed by atoms with Crippen molar-refractivity contribution in [3.63, 3.8) is 0 Å². The van der Waals surface area contributed by atoms with E-state index in [2.05, 4.69) is 4.72 Å². The van der Waals surface area contributed by atoms with E-state index >= 15 is 0 Å². The summed E-state index contributed by atoms with van der Waals surface area (Å²) >= 11 is 0. The number of sulfonamides is 1. The maximum Gasteiger partial charge on any atom is 0.321 e. The Morgan fingerprint density at radius 3 is 2.21 bits per heavy atom. The van der Waals surface area contributed by atoms with E-state index in [0.29, 0.717) is 0 Å². The van der Waals surface area contributed by atoms with E-state index in [0.717, 1.165) is 0 Å². The maximum atomic E-state index is 11.4. The fourth-order valence-corrected chi connectivity index (χ4v) is 1.34. The molecule has 0 aromatic heterocycles. The first-order valence-corrected chi connectivity index (χ1v) is 5.54. The van der Waals surface area contributed by atoms with Crippen molar-refractivity contribution in [1.29, 1.82) is 0 Å². The summed E-state index contributed by atoms with van der Waals surface area (Å²) in [6.45, 7) is 4.25. The predicted molar refractivity (Wildman–Crippen MR) is 52.3 cm³/mol. The van der Waals surface area contributed by atoms with Crippen LogP contribution >= 0.6 is 0 Å². The Labute approximate surface area is 83.5 Å². The van der Waals surface area contributed by atoms with Crippen LogP contribution in [0.4, 0.5) is 0 Å². The van der Waals surface area contributed by atoms with E-state index in [9.17, 15) is 13.2 Å². The Balaban J connectivity index is 4.36. The molecule has 0 aliphatic rings. The topological polar surface area (TPSA) is 109 Å². The van der Waals surface area contributed by atoms with Gasteiger partial charge in [0.2, 0.25) is 10.0 Å². The quantitative estimate of drug-likeness (QED) is 0.574. The monoisotopic (exact) mass is 224 g/mol. The van der Waals surface area contributed by atoms with Gasteiger partial charge < -0.3 is 10.8 Å². The maximum absolute atomic E-state index is 11.4. The smallest absolute Gasteiger partial charge is 0.321 e. The fraction of sp³-hybridized carbons (Fsp3) is 0.857. The van der Waals surface area contributed by atoms with Crippen molar-refractivity contribution in [2.24, 2.45) is 5.73 Å². The number of nitrogens with two attached hydrogens (primary N) is 1. The minimum absolute atomic E-state index is 0.297. The molecule has 0 heterocycles. The van der Waals surface area contributed by atoms with Gasteiger partial charge in [-0.25, -0.2) is 13.1 Å². The molecule has 0 amide bonds. The highest BCUT2D eigenvalue weighted by Crippen LogP contribution is 2.12. The molecular formula is C7H16N2O4S. The molecule has 6 nitrogen and oxygen atoms in total. The number of hydrogen-bond donors (Lipinski definition) is 3. The van der Waals surface area contributed by atoms with Gasteiger partial charge in [-0.3, -0.25) is 4.79 Å². The third-order valence-electron chi connectivity index (χ3n) is 1.62. The molecule has 0 bridgehead atoms. The Hall–Kier alpha value is -0.660. The Morgan fingerprint density at radius 2 is 1.93 bits per heavy atom. The summed E-state index contributed by atoms with van der Waals surface area (Å²) in [7, 11) is -3.52. The van der Waals surface area contributed by atoms with Crippen LogP contribution < -0.4 is 10.5 Å². The highest BCUT2D eigenvalue weighted by molar-refractivity contribution is 7.90. The largest absolute Gasteiger partial charge is 0.480 e. The van der Waals surface area contributed by atoms with Crippen molar-refractivity contribution in [3.8, 4) is 0 Å². The van der Waals surface area contributed by atoms with Crippen molar-refractivity contribution in [1.82, 2.24) is 4.72 Å². The molecule has 0 radical (unpaired) electrons. The normalized spacial score (nSPS) is 15.1. The molecule has 84 valence electrons. The Bertz CT molecular complexity index is 304. The number of aliphatic carboxylic acids is 1. The average molecular weight is 224 g/mol. The summed E-state index contributed by atoms with van der Waals surface area (Å²) in [5.74, 6) is -1.23. The third kappa shape index (κ3) is 3.60. The molecule has 0 aliphatic heterocycles. The van der Waals surface area contributed by atoms with Crippen LogP contribution in [0, 0.1) is 0 Å². The average Bonchev–Trinajstić information content (AvgIpc) is 1.97. The summed E-state index contributed by atoms with van der Waals surface area (Å²) in [6, 6.07) is -1.22. The first kappa shape index (κ1) is 13.3. The molecule has 0 fully saturated rings. The number of carbonyl (C=O) groups is 1. The second-order valence-electron chi connectivity index (χ2n) is 3.91. The molecule has 7 heteroatoms. The lowest BCUT2D eigenvalue weighted by Crippen LogP contribution is -2.47. The van der Waals surface area contributed by atoms with Crippen LogP contribution in [0.3, 0.4) is 0 Å². The molecule has 0 spiro atoms. The lowest BCUT2D eigenvalue weighted by Gasteiger charge is -2.20. The minimum Gasteiger partial charge on any atom is -0.480 e. The molecule has 0 aromatic carbocycles. The van der Waals surface area contributed by atoms with Gasteiger partial charge in [-0.1, -0.05) is 0 Å². The highest BCUT2D eigenvalue weighted by Gasteiger charge is 2.29. The van der Waals surface area contributed by atoms with Crippen molar-refractivity contribution in [2.45, 2.75) is 31.6 Å². The molecule has 0 saturated carbocycles. The van der Waals surface area contributed by atoms with Gasteiger partial charge >= 0.3 is 5.97 Å². The van der Waals surface area contributed by atoms with Crippen LogP contribution in [0.25, 0.3) is 0 Å². The van der Waals surface area contributed by atoms with Gasteiger partial charge in [0, 0.05) is 6.54 Å². The SMILES string of the molecule is CC(C)(C)S(=O)(=O)NCC(N)C(=O)O. The van der Waals surface area contributed by atoms with Gasteiger partial charge in [0.05, 0.1) is 4.75 Å². The number of nitrogens with one attached hydrogen (secondary N) is 1. The van der Waals surface area contributed by atoms with E-state index in [1.54, 1.807) is 0 Å². The molecule has 0 aromatic rings. The number of rotatable bonds is 4. The summed E-state index contributed by atoms with van der Waals surface area (Å²) in [6.07, 6.45) is 0. The zero-order valence-corrected chi connectivity index (χ0v) is 9.26. The van der Waals surface area contributed by atoms with E-state index in [4.69, 9.17) is 10.8 Å². The van der Waals surface area contributed by atoms with Crippen molar-refractivity contribution < 1.29 is 18.3 Å². The van der Waals surface area contributed by atoms with Crippen LogP contribution in [0.5, 0.6) is 0 Å². The summed E-state index contributed by atoms with van der Waals surface area (Å²) in [5.41, 5.74) is 5.14. The molecule has 0 rings (SSSR count). The predicted octanol–water partition coefficient (Wildman–Crippen LogP) is -0.884. The van der Waals surface area contributed by atoms with Crippen LogP contribution in [-0.4, -0.2) is 36.8 Å². The Kier molecular flexibility index (Phi) is 4.04. The Morgan fingerprint density at radius 1 is 1.50 bits per heavy atom. The van der Waals surface area contributed by atoms with Gasteiger partial charge in [0.25, 0.3) is 0 Å². The van der Waals surface area contributed by atoms with Gasteiger partial charge in [0.15, 0.2) is 0 Å². The lowest BCUT2D eigenvalue weighted by atomic mass is 10.3. The fourth-order valence-electron chi connectivity index (χ4n) is 0.503. The van der Waals surface area contributed by atoms with Crippen molar-refractivity contribution in [3.05, 3.63) is 0 Å². The molecule has 0 aliphatic carbocycles. The number of carboxylic acid groups (broad SMARTS) is 1. The first-order chi connectivity index (χ1) is 6.08. The number of carboxylic acids is 1. The van der Waals surface area contributed by atoms with Gasteiger partial charge in [-0.2, -0.15) is 0 Å². The summed E-state index contributed by atoms with van der Waals surface area (Å²) in [4.78, 5) is 10.3. The zero-order valence-electron chi connectivity index (χ0n) is 8.44. The summed E-state index contributed by atoms with van der Waals surface area (Å²) < 4.78 is 24.0. The first-order valence-electron chi connectivity index (χ1n) is 4.05. The van der Waals surface area contributed by atoms with Gasteiger partial charge in [-0.15, -0.1) is 0 Å². The molecule has 1 unspecified atom stereocenters. The highest BCUT2D eigenvalue weighted by atomic mass is 32.2. The van der Waals surface area contributed by atoms with Crippen LogP contribution in [-0.2, 0) is 14.8 Å². The van der Waals surface area contributed by atoms with Crippen LogP contribution in [0.15, 0.2) is 0 Å². The van der Waals surface area contributed by atoms with E-state index in [1.165, 1.54) is 20.8 Å². The van der Waals surface area contributed by atoms with E-state index in [1.807, 2.05) is 0 Å². The van der Waals surface area contributed by atoms with Gasteiger partial charge in [0.1, 0.15) is 6.04 Å². The van der Waals surface area contributed by atoms with Crippen LogP contribution in [0.1, 0.15) is 20.8 Å². The molecule has 0 saturated heterocycles. The summed E-state index contributed by atoms with van der Waals surface area (Å²) in [5, 5.41) is 8.42. The second-order valence-corrected chi connectivity index (χ2v) is 6.43. The van der Waals surface area contributed by atoms with Crippen molar-refractivity contribution in [2.75, 3.05) is 6.54 Å². The van der Waals surface area contributed by atoms with Crippen LogP contribution in [0.2, 0.25) is 0 Å². The van der Waals surface area contributed by atoms with E-state index < -0.39 is 26.8 Å². The molecular weight excluding hydrogens is 208 g/mol. The third-order valence-corrected chi connectivity index (χ3v) is 3.78. The van der Waals surface area contributed by atoms with Gasteiger partial charge in [-0.05, 0) is 20.8 Å². The number of hydrogen-bond acceptors (Lipinski definition) is 4. The molecule has 14 heavy (non-hydrogen) atoms. The molecule has 4 N–H and O–H groups in total. The van der Waals surface area contributed by atoms with E-state index in [-0.39, 0.29) is 6.54 Å². The van der Waals surface area contributed by atoms with Crippen molar-refractivity contribution >= 4 is 16.0 Å². The molecule has 1 atom stereocenters.